The maximum absolute atomic E-state index is 13.7. The van der Waals surface area contributed by atoms with Gasteiger partial charge in [-0.1, -0.05) is 22.0 Å². The molecule has 0 unspecified atom stereocenters. The molecule has 9 nitrogen and oxygen atoms in total. The molecule has 0 aliphatic carbocycles. The average molecular weight is 580 g/mol. The number of amides is 1. The minimum Gasteiger partial charge on any atom is -0.393 e. The van der Waals surface area contributed by atoms with E-state index in [1.807, 2.05) is 24.3 Å². The zero-order valence-electron chi connectivity index (χ0n) is 20.3. The molecule has 1 amide bonds. The SMILES string of the molecule is C[C@@H]1O[C@H](c2cn(-c3ccc(Br)cc3)nc2-c2ccc(F)cc2)N(CCc2ccc(N)c([N+](=O)[O-])c2)C1=O. The number of nitro groups is 1. The molecule has 5 rings (SSSR count). The van der Waals surface area contributed by atoms with Gasteiger partial charge in [-0.2, -0.15) is 5.10 Å². The fourth-order valence-corrected chi connectivity index (χ4v) is 4.69. The van der Waals surface area contributed by atoms with E-state index in [-0.39, 0.29) is 29.6 Å². The normalized spacial score (nSPS) is 17.2. The quantitative estimate of drug-likeness (QED) is 0.177. The smallest absolute Gasteiger partial charge is 0.292 e. The van der Waals surface area contributed by atoms with Gasteiger partial charge >= 0.3 is 0 Å². The summed E-state index contributed by atoms with van der Waals surface area (Å²) in [6, 6.07) is 18.2. The molecule has 0 saturated carbocycles. The van der Waals surface area contributed by atoms with Gasteiger partial charge in [-0.15, -0.1) is 0 Å². The van der Waals surface area contributed by atoms with Gasteiger partial charge in [0.05, 0.1) is 10.6 Å². The van der Waals surface area contributed by atoms with Crippen molar-refractivity contribution in [3.63, 3.8) is 0 Å². The summed E-state index contributed by atoms with van der Waals surface area (Å²) < 4.78 is 22.4. The summed E-state index contributed by atoms with van der Waals surface area (Å²) in [5, 5.41) is 16.1. The van der Waals surface area contributed by atoms with E-state index in [9.17, 15) is 19.3 Å². The van der Waals surface area contributed by atoms with Gasteiger partial charge in [0.15, 0.2) is 6.23 Å². The number of ether oxygens (including phenoxy) is 1. The highest BCUT2D eigenvalue weighted by Crippen LogP contribution is 2.37. The van der Waals surface area contributed by atoms with Crippen molar-refractivity contribution >= 4 is 33.2 Å². The monoisotopic (exact) mass is 579 g/mol. The van der Waals surface area contributed by atoms with Crippen LogP contribution in [0.4, 0.5) is 15.8 Å². The molecule has 0 bridgehead atoms. The third kappa shape index (κ3) is 5.02. The first-order chi connectivity index (χ1) is 18.2. The van der Waals surface area contributed by atoms with Crippen LogP contribution in [0.2, 0.25) is 0 Å². The largest absolute Gasteiger partial charge is 0.393 e. The number of nitrogens with two attached hydrogens (primary N) is 1. The predicted molar refractivity (Wildman–Crippen MR) is 143 cm³/mol. The van der Waals surface area contributed by atoms with Crippen molar-refractivity contribution in [3.8, 4) is 16.9 Å². The molecule has 3 aromatic carbocycles. The molecule has 1 aliphatic rings. The van der Waals surface area contributed by atoms with E-state index in [1.54, 1.807) is 40.9 Å². The van der Waals surface area contributed by atoms with Crippen molar-refractivity contribution in [2.75, 3.05) is 12.3 Å². The Morgan fingerprint density at radius 2 is 1.84 bits per heavy atom. The molecule has 0 spiro atoms. The van der Waals surface area contributed by atoms with Crippen LogP contribution in [0.3, 0.4) is 0 Å². The average Bonchev–Trinajstić information content (AvgIpc) is 3.45. The number of halogens is 2. The molecule has 1 aromatic heterocycles. The molecule has 11 heteroatoms. The molecule has 1 fully saturated rings. The number of hydrogen-bond acceptors (Lipinski definition) is 6. The number of carbonyl (C=O) groups is 1. The lowest BCUT2D eigenvalue weighted by Gasteiger charge is -2.23. The summed E-state index contributed by atoms with van der Waals surface area (Å²) in [7, 11) is 0. The number of nitro benzene ring substituents is 1. The van der Waals surface area contributed by atoms with Gasteiger partial charge in [-0.25, -0.2) is 9.07 Å². The summed E-state index contributed by atoms with van der Waals surface area (Å²) >= 11 is 3.44. The van der Waals surface area contributed by atoms with E-state index in [0.29, 0.717) is 28.8 Å². The van der Waals surface area contributed by atoms with E-state index < -0.39 is 17.3 Å². The maximum Gasteiger partial charge on any atom is 0.292 e. The minimum absolute atomic E-state index is 0.0788. The van der Waals surface area contributed by atoms with Crippen LogP contribution in [0.15, 0.2) is 77.4 Å². The van der Waals surface area contributed by atoms with Crippen LogP contribution in [0.25, 0.3) is 16.9 Å². The van der Waals surface area contributed by atoms with Crippen LogP contribution in [-0.2, 0) is 16.0 Å². The van der Waals surface area contributed by atoms with Crippen LogP contribution in [0, 0.1) is 15.9 Å². The van der Waals surface area contributed by atoms with E-state index in [1.165, 1.54) is 24.3 Å². The van der Waals surface area contributed by atoms with Gasteiger partial charge in [0, 0.05) is 34.4 Å². The lowest BCUT2D eigenvalue weighted by molar-refractivity contribution is -0.384. The highest BCUT2D eigenvalue weighted by Gasteiger charge is 2.40. The fourth-order valence-electron chi connectivity index (χ4n) is 4.42. The summed E-state index contributed by atoms with van der Waals surface area (Å²) in [5.74, 6) is -0.579. The minimum atomic E-state index is -0.759. The van der Waals surface area contributed by atoms with Crippen LogP contribution in [0.5, 0.6) is 0 Å². The standard InChI is InChI=1S/C27H23BrFN5O4/c1-16-26(35)32(13-12-17-2-11-23(30)24(14-17)34(36)37)27(38-16)22-15-33(21-9-5-19(28)6-10-21)31-25(22)18-3-7-20(29)8-4-18/h2-11,14-16,27H,12-13,30H2,1H3/t16-,27+/m0/s1. The highest BCUT2D eigenvalue weighted by atomic mass is 79.9. The van der Waals surface area contributed by atoms with E-state index in [2.05, 4.69) is 15.9 Å². The second-order valence-electron chi connectivity index (χ2n) is 8.92. The second-order valence-corrected chi connectivity index (χ2v) is 9.84. The number of hydrogen-bond donors (Lipinski definition) is 1. The van der Waals surface area contributed by atoms with Crippen molar-refractivity contribution in [1.82, 2.24) is 14.7 Å². The van der Waals surface area contributed by atoms with E-state index in [0.717, 1.165) is 10.2 Å². The highest BCUT2D eigenvalue weighted by molar-refractivity contribution is 9.10. The van der Waals surface area contributed by atoms with Crippen molar-refractivity contribution in [1.29, 1.82) is 0 Å². The van der Waals surface area contributed by atoms with Crippen LogP contribution < -0.4 is 5.73 Å². The molecule has 4 aromatic rings. The zero-order valence-corrected chi connectivity index (χ0v) is 21.8. The van der Waals surface area contributed by atoms with Gasteiger partial charge in [0.1, 0.15) is 23.3 Å². The lowest BCUT2D eigenvalue weighted by Crippen LogP contribution is -2.32. The molecule has 2 heterocycles. The van der Waals surface area contributed by atoms with E-state index >= 15 is 0 Å². The molecule has 2 N–H and O–H groups in total. The summed E-state index contributed by atoms with van der Waals surface area (Å²) in [6.45, 7) is 1.93. The molecular formula is C27H23BrFN5O4. The third-order valence-electron chi connectivity index (χ3n) is 6.40. The number of nitrogen functional groups attached to an aromatic ring is 1. The van der Waals surface area contributed by atoms with Gasteiger partial charge in [0.2, 0.25) is 0 Å². The van der Waals surface area contributed by atoms with Crippen LogP contribution in [-0.4, -0.2) is 38.2 Å². The molecular weight excluding hydrogens is 557 g/mol. The van der Waals surface area contributed by atoms with Crippen molar-refractivity contribution in [3.05, 3.63) is 104 Å². The maximum atomic E-state index is 13.7. The molecule has 38 heavy (non-hydrogen) atoms. The second kappa shape index (κ2) is 10.3. The van der Waals surface area contributed by atoms with Gasteiger partial charge in [-0.05, 0) is 73.5 Å². The number of anilines is 1. The topological polar surface area (TPSA) is 117 Å². The molecule has 0 radical (unpaired) electrons. The van der Waals surface area contributed by atoms with Gasteiger partial charge < -0.3 is 15.4 Å². The Labute approximate surface area is 225 Å². The summed E-state index contributed by atoms with van der Waals surface area (Å²) in [5.41, 5.74) is 8.95. The third-order valence-corrected chi connectivity index (χ3v) is 6.93. The fraction of sp³-hybridized carbons (Fsp3) is 0.185. The number of nitrogens with zero attached hydrogens (tertiary/aromatic N) is 4. The molecule has 1 saturated heterocycles. The first-order valence-electron chi connectivity index (χ1n) is 11.8. The number of aromatic nitrogens is 2. The Morgan fingerprint density at radius 3 is 2.53 bits per heavy atom. The molecule has 194 valence electrons. The number of rotatable bonds is 7. The zero-order chi connectivity index (χ0) is 27.0. The van der Waals surface area contributed by atoms with Crippen molar-refractivity contribution in [2.24, 2.45) is 0 Å². The lowest BCUT2D eigenvalue weighted by atomic mass is 10.1. The Hall–Kier alpha value is -4.09. The number of carbonyl (C=O) groups excluding carboxylic acids is 1. The predicted octanol–water partition coefficient (Wildman–Crippen LogP) is 5.42. The summed E-state index contributed by atoms with van der Waals surface area (Å²) in [6.07, 6.45) is 0.703. The Morgan fingerprint density at radius 1 is 1.13 bits per heavy atom. The Balaban J connectivity index is 1.51. The number of benzene rings is 3. The molecule has 2 atom stereocenters. The van der Waals surface area contributed by atoms with Crippen LogP contribution >= 0.6 is 15.9 Å². The van der Waals surface area contributed by atoms with Gasteiger partial charge in [-0.3, -0.25) is 14.9 Å². The van der Waals surface area contributed by atoms with E-state index in [4.69, 9.17) is 15.6 Å². The first kappa shape index (κ1) is 25.6. The summed E-state index contributed by atoms with van der Waals surface area (Å²) in [4.78, 5) is 25.5. The van der Waals surface area contributed by atoms with Crippen molar-refractivity contribution in [2.45, 2.75) is 25.7 Å². The van der Waals surface area contributed by atoms with Gasteiger partial charge in [0.25, 0.3) is 11.6 Å². The Kier molecular flexibility index (Phi) is 6.96. The first-order valence-corrected chi connectivity index (χ1v) is 12.6. The molecule has 1 aliphatic heterocycles. The van der Waals surface area contributed by atoms with Crippen LogP contribution in [0.1, 0.15) is 24.3 Å². The Bertz CT molecular complexity index is 1510. The van der Waals surface area contributed by atoms with Crippen molar-refractivity contribution < 1.29 is 18.8 Å².